The van der Waals surface area contributed by atoms with Crippen LogP contribution in [0, 0.1) is 0 Å². The first-order chi connectivity index (χ1) is 10.7. The average molecular weight is 365 g/mol. The Morgan fingerprint density at radius 2 is 2.17 bits per heavy atom. The number of thiophene rings is 1. The predicted molar refractivity (Wildman–Crippen MR) is 81.6 cm³/mol. The molecule has 2 rings (SSSR count). The van der Waals surface area contributed by atoms with E-state index in [-0.39, 0.29) is 6.04 Å². The Kier molecular flexibility index (Phi) is 5.16. The van der Waals surface area contributed by atoms with Crippen LogP contribution in [0.5, 0.6) is 0 Å². The van der Waals surface area contributed by atoms with Crippen LogP contribution in [0.15, 0.2) is 34.6 Å². The lowest BCUT2D eigenvalue weighted by Crippen LogP contribution is -2.34. The van der Waals surface area contributed by atoms with Gasteiger partial charge in [-0.25, -0.2) is 0 Å². The Morgan fingerprint density at radius 3 is 2.74 bits per heavy atom. The van der Waals surface area contributed by atoms with Gasteiger partial charge in [-0.05, 0) is 24.4 Å². The van der Waals surface area contributed by atoms with Gasteiger partial charge < -0.3 is 9.88 Å². The second kappa shape index (κ2) is 6.76. The van der Waals surface area contributed by atoms with Gasteiger partial charge in [0.2, 0.25) is 5.91 Å². The molecule has 0 aliphatic rings. The molecule has 2 heterocycles. The zero-order valence-electron chi connectivity index (χ0n) is 11.9. The van der Waals surface area contributed by atoms with E-state index in [4.69, 9.17) is 11.6 Å². The predicted octanol–water partition coefficient (Wildman–Crippen LogP) is 3.46. The summed E-state index contributed by atoms with van der Waals surface area (Å²) in [6, 6.07) is 3.88. The highest BCUT2D eigenvalue weighted by molar-refractivity contribution is 7.10. The number of carbonyl (C=O) groups is 1. The molecule has 9 heteroatoms. The molecule has 0 aliphatic carbocycles. The Bertz CT molecular complexity index is 756. The van der Waals surface area contributed by atoms with E-state index in [0.29, 0.717) is 16.8 Å². The van der Waals surface area contributed by atoms with Crippen LogP contribution >= 0.6 is 22.9 Å². The van der Waals surface area contributed by atoms with Crippen LogP contribution in [-0.4, -0.2) is 10.5 Å². The van der Waals surface area contributed by atoms with Crippen molar-refractivity contribution in [3.05, 3.63) is 55.6 Å². The van der Waals surface area contributed by atoms with Gasteiger partial charge in [0.1, 0.15) is 11.6 Å². The molecule has 1 atom stereocenters. The van der Waals surface area contributed by atoms with Crippen LogP contribution in [0.1, 0.15) is 23.4 Å². The van der Waals surface area contributed by atoms with Crippen molar-refractivity contribution in [2.75, 3.05) is 0 Å². The van der Waals surface area contributed by atoms with Crippen LogP contribution in [0.25, 0.3) is 0 Å². The van der Waals surface area contributed by atoms with Gasteiger partial charge in [0, 0.05) is 11.1 Å². The number of amides is 1. The van der Waals surface area contributed by atoms with E-state index >= 15 is 0 Å². The molecule has 2 aromatic heterocycles. The maximum Gasteiger partial charge on any atom is 0.417 e. The summed E-state index contributed by atoms with van der Waals surface area (Å²) in [6.45, 7) is 1.20. The lowest BCUT2D eigenvalue weighted by Gasteiger charge is -2.14. The van der Waals surface area contributed by atoms with Gasteiger partial charge in [-0.1, -0.05) is 17.7 Å². The first-order valence-corrected chi connectivity index (χ1v) is 7.74. The highest BCUT2D eigenvalue weighted by Crippen LogP contribution is 2.29. The Labute approximate surface area is 138 Å². The maximum absolute atomic E-state index is 12.7. The summed E-state index contributed by atoms with van der Waals surface area (Å²) in [4.78, 5) is 24.6. The van der Waals surface area contributed by atoms with Gasteiger partial charge in [-0.15, -0.1) is 11.3 Å². The fourth-order valence-corrected chi connectivity index (χ4v) is 2.88. The quantitative estimate of drug-likeness (QED) is 0.903. The van der Waals surface area contributed by atoms with Gasteiger partial charge in [-0.2, -0.15) is 13.2 Å². The molecule has 0 aliphatic heterocycles. The number of alkyl halides is 3. The Balaban J connectivity index is 2.17. The summed E-state index contributed by atoms with van der Waals surface area (Å²) in [5.74, 6) is -0.580. The largest absolute Gasteiger partial charge is 0.417 e. The molecule has 23 heavy (non-hydrogen) atoms. The summed E-state index contributed by atoms with van der Waals surface area (Å²) in [6.07, 6.45) is -4.07. The van der Waals surface area contributed by atoms with Crippen molar-refractivity contribution in [1.29, 1.82) is 0 Å². The average Bonchev–Trinajstić information content (AvgIpc) is 2.96. The third-order valence-electron chi connectivity index (χ3n) is 3.03. The van der Waals surface area contributed by atoms with E-state index < -0.39 is 34.8 Å². The summed E-state index contributed by atoms with van der Waals surface area (Å²) >= 11 is 6.97. The molecule has 0 fully saturated rings. The molecule has 0 saturated carbocycles. The SMILES string of the molecule is C[C@@H](NC(=O)Cn1cc(C(F)(F)F)cc(Cl)c1=O)c1cccs1. The van der Waals surface area contributed by atoms with Crippen molar-refractivity contribution >= 4 is 28.8 Å². The molecule has 1 N–H and O–H groups in total. The third kappa shape index (κ3) is 4.35. The number of aromatic nitrogens is 1. The van der Waals surface area contributed by atoms with Crippen molar-refractivity contribution in [1.82, 2.24) is 9.88 Å². The molecule has 4 nitrogen and oxygen atoms in total. The minimum absolute atomic E-state index is 0.306. The normalized spacial score (nSPS) is 12.9. The van der Waals surface area contributed by atoms with E-state index in [1.54, 1.807) is 6.92 Å². The summed E-state index contributed by atoms with van der Waals surface area (Å²) in [5, 5.41) is 3.88. The first-order valence-electron chi connectivity index (χ1n) is 6.48. The second-order valence-electron chi connectivity index (χ2n) is 4.81. The number of hydrogen-bond acceptors (Lipinski definition) is 3. The lowest BCUT2D eigenvalue weighted by molar-refractivity contribution is -0.138. The van der Waals surface area contributed by atoms with Gasteiger partial charge >= 0.3 is 6.18 Å². The van der Waals surface area contributed by atoms with Crippen molar-refractivity contribution in [2.45, 2.75) is 25.7 Å². The van der Waals surface area contributed by atoms with Crippen LogP contribution in [0.2, 0.25) is 5.02 Å². The maximum atomic E-state index is 12.7. The molecule has 0 saturated heterocycles. The first kappa shape index (κ1) is 17.6. The third-order valence-corrected chi connectivity index (χ3v) is 4.36. The number of pyridine rings is 1. The smallest absolute Gasteiger partial charge is 0.347 e. The van der Waals surface area contributed by atoms with Gasteiger partial charge in [0.15, 0.2) is 0 Å². The van der Waals surface area contributed by atoms with E-state index in [1.165, 1.54) is 11.3 Å². The molecule has 0 radical (unpaired) electrons. The Morgan fingerprint density at radius 1 is 1.48 bits per heavy atom. The van der Waals surface area contributed by atoms with Crippen LogP contribution in [0.3, 0.4) is 0 Å². The molecule has 1 amide bonds. The molecule has 124 valence electrons. The summed E-state index contributed by atoms with van der Waals surface area (Å²) in [7, 11) is 0. The second-order valence-corrected chi connectivity index (χ2v) is 6.20. The highest BCUT2D eigenvalue weighted by atomic mass is 35.5. The van der Waals surface area contributed by atoms with E-state index in [1.807, 2.05) is 17.5 Å². The lowest BCUT2D eigenvalue weighted by atomic mass is 10.2. The molecular weight excluding hydrogens is 353 g/mol. The highest BCUT2D eigenvalue weighted by Gasteiger charge is 2.32. The van der Waals surface area contributed by atoms with Gasteiger partial charge in [0.25, 0.3) is 5.56 Å². The van der Waals surface area contributed by atoms with Crippen LogP contribution in [0.4, 0.5) is 13.2 Å². The molecule has 0 unspecified atom stereocenters. The number of halogens is 4. The van der Waals surface area contributed by atoms with E-state index in [2.05, 4.69) is 5.32 Å². The fourth-order valence-electron chi connectivity index (χ4n) is 1.92. The van der Waals surface area contributed by atoms with Crippen LogP contribution < -0.4 is 10.9 Å². The van der Waals surface area contributed by atoms with Crippen molar-refractivity contribution in [3.63, 3.8) is 0 Å². The zero-order valence-corrected chi connectivity index (χ0v) is 13.4. The van der Waals surface area contributed by atoms with Crippen molar-refractivity contribution in [2.24, 2.45) is 0 Å². The number of nitrogens with one attached hydrogen (secondary N) is 1. The summed E-state index contributed by atoms with van der Waals surface area (Å²) in [5.41, 5.74) is -1.93. The standard InChI is InChI=1S/C14H12ClF3N2O2S/c1-8(11-3-2-4-23-11)19-12(21)7-20-6-9(14(16,17)18)5-10(15)13(20)22/h2-6,8H,7H2,1H3,(H,19,21)/t8-/m1/s1. The minimum Gasteiger partial charge on any atom is -0.347 e. The number of carbonyl (C=O) groups excluding carboxylic acids is 1. The minimum atomic E-state index is -4.65. The van der Waals surface area contributed by atoms with Crippen molar-refractivity contribution in [3.8, 4) is 0 Å². The van der Waals surface area contributed by atoms with Gasteiger partial charge in [0.05, 0.1) is 11.6 Å². The molecular formula is C14H12ClF3N2O2S. The fraction of sp³-hybridized carbons (Fsp3) is 0.286. The van der Waals surface area contributed by atoms with E-state index in [0.717, 1.165) is 4.88 Å². The van der Waals surface area contributed by atoms with E-state index in [9.17, 15) is 22.8 Å². The number of hydrogen-bond donors (Lipinski definition) is 1. The molecule has 0 spiro atoms. The van der Waals surface area contributed by atoms with Crippen molar-refractivity contribution < 1.29 is 18.0 Å². The topological polar surface area (TPSA) is 51.1 Å². The van der Waals surface area contributed by atoms with Crippen LogP contribution in [-0.2, 0) is 17.5 Å². The Hall–Kier alpha value is -1.80. The molecule has 2 aromatic rings. The summed E-state index contributed by atoms with van der Waals surface area (Å²) < 4.78 is 38.9. The number of rotatable bonds is 4. The number of nitrogens with zero attached hydrogens (tertiary/aromatic N) is 1. The van der Waals surface area contributed by atoms with Gasteiger partial charge in [-0.3, -0.25) is 9.59 Å². The molecule has 0 aromatic carbocycles. The monoisotopic (exact) mass is 364 g/mol. The molecule has 0 bridgehead atoms. The zero-order chi connectivity index (χ0) is 17.2.